The van der Waals surface area contributed by atoms with E-state index < -0.39 is 17.2 Å². The zero-order valence-electron chi connectivity index (χ0n) is 16.0. The third-order valence-electron chi connectivity index (χ3n) is 5.03. The number of aromatic hydroxyl groups is 1. The highest BCUT2D eigenvalue weighted by molar-refractivity contribution is 6.31. The summed E-state index contributed by atoms with van der Waals surface area (Å²) in [5.41, 5.74) is -0.0435. The summed E-state index contributed by atoms with van der Waals surface area (Å²) >= 11 is 6.04. The predicted octanol–water partition coefficient (Wildman–Crippen LogP) is 4.31. The first kappa shape index (κ1) is 19.6. The Labute approximate surface area is 175 Å². The second-order valence-corrected chi connectivity index (χ2v) is 7.24. The van der Waals surface area contributed by atoms with Gasteiger partial charge in [0.15, 0.2) is 5.76 Å². The van der Waals surface area contributed by atoms with Gasteiger partial charge < -0.3 is 13.9 Å². The summed E-state index contributed by atoms with van der Waals surface area (Å²) in [7, 11) is 0. The molecular weight excluding hydrogens is 408 g/mol. The molecule has 1 aromatic carbocycles. The Bertz CT molecular complexity index is 1400. The van der Waals surface area contributed by atoms with Gasteiger partial charge in [0.25, 0.3) is 5.56 Å². The maximum Gasteiger partial charge on any atom is 0.271 e. The van der Waals surface area contributed by atoms with Crippen LogP contribution in [0.4, 0.5) is 0 Å². The van der Waals surface area contributed by atoms with Crippen molar-refractivity contribution in [1.82, 2.24) is 4.57 Å². The van der Waals surface area contributed by atoms with Crippen LogP contribution in [0.5, 0.6) is 5.88 Å². The van der Waals surface area contributed by atoms with E-state index in [2.05, 4.69) is 0 Å². The number of nitrogens with zero attached hydrogens (tertiary/aromatic N) is 2. The SMILES string of the molecule is Cc1c(C(=O)c2oc3ccc(Cl)cc3c2C)c(O)n(Cc2ccco2)c(=O)c1C#N. The van der Waals surface area contributed by atoms with Crippen LogP contribution in [-0.2, 0) is 6.54 Å². The van der Waals surface area contributed by atoms with Crippen LogP contribution in [-0.4, -0.2) is 15.5 Å². The molecule has 0 atom stereocenters. The average molecular weight is 423 g/mol. The summed E-state index contributed by atoms with van der Waals surface area (Å²) in [4.78, 5) is 26.1. The normalized spacial score (nSPS) is 11.0. The van der Waals surface area contributed by atoms with E-state index in [4.69, 9.17) is 20.4 Å². The zero-order valence-corrected chi connectivity index (χ0v) is 16.8. The summed E-state index contributed by atoms with van der Waals surface area (Å²) in [6.07, 6.45) is 1.42. The lowest BCUT2D eigenvalue weighted by Crippen LogP contribution is -2.27. The number of hydrogen-bond donors (Lipinski definition) is 1. The van der Waals surface area contributed by atoms with Gasteiger partial charge in [0.05, 0.1) is 18.4 Å². The molecule has 0 saturated heterocycles. The lowest BCUT2D eigenvalue weighted by Gasteiger charge is -2.14. The van der Waals surface area contributed by atoms with Crippen LogP contribution in [0.15, 0.2) is 50.2 Å². The quantitative estimate of drug-likeness (QED) is 0.490. The number of furan rings is 2. The highest BCUT2D eigenvalue weighted by Crippen LogP contribution is 2.32. The molecule has 0 saturated carbocycles. The fourth-order valence-electron chi connectivity index (χ4n) is 3.45. The minimum atomic E-state index is -0.714. The van der Waals surface area contributed by atoms with E-state index in [9.17, 15) is 20.0 Å². The number of benzene rings is 1. The molecule has 0 aliphatic rings. The van der Waals surface area contributed by atoms with Gasteiger partial charge in [-0.3, -0.25) is 14.2 Å². The molecule has 0 aliphatic carbocycles. The van der Waals surface area contributed by atoms with E-state index in [0.717, 1.165) is 4.57 Å². The van der Waals surface area contributed by atoms with Crippen molar-refractivity contribution in [2.45, 2.75) is 20.4 Å². The highest BCUT2D eigenvalue weighted by atomic mass is 35.5. The molecule has 8 heteroatoms. The van der Waals surface area contributed by atoms with Gasteiger partial charge in [0.1, 0.15) is 23.0 Å². The standard InChI is InChI=1S/C22H15ClN2O5/c1-11-16(9-24)21(27)25(10-14-4-3-7-29-14)22(28)18(11)19(26)20-12(2)15-8-13(23)5-6-17(15)30-20/h3-8,28H,10H2,1-2H3. The summed E-state index contributed by atoms with van der Waals surface area (Å²) < 4.78 is 11.9. The van der Waals surface area contributed by atoms with Gasteiger partial charge in [-0.1, -0.05) is 11.6 Å². The van der Waals surface area contributed by atoms with Crippen molar-refractivity contribution >= 4 is 28.4 Å². The molecule has 3 heterocycles. The van der Waals surface area contributed by atoms with Crippen molar-refractivity contribution in [2.24, 2.45) is 0 Å². The number of aryl methyl sites for hydroxylation is 1. The first-order valence-electron chi connectivity index (χ1n) is 8.95. The molecule has 1 N–H and O–H groups in total. The van der Waals surface area contributed by atoms with Crippen molar-refractivity contribution in [2.75, 3.05) is 0 Å². The van der Waals surface area contributed by atoms with Gasteiger partial charge in [-0.05, 0) is 49.7 Å². The maximum absolute atomic E-state index is 13.4. The van der Waals surface area contributed by atoms with E-state index in [1.165, 1.54) is 13.2 Å². The molecule has 0 unspecified atom stereocenters. The van der Waals surface area contributed by atoms with E-state index in [1.54, 1.807) is 37.3 Å². The van der Waals surface area contributed by atoms with Gasteiger partial charge in [-0.25, -0.2) is 0 Å². The number of carbonyl (C=O) groups excluding carboxylic acids is 1. The molecule has 0 spiro atoms. The van der Waals surface area contributed by atoms with Crippen molar-refractivity contribution in [1.29, 1.82) is 5.26 Å². The molecular formula is C22H15ClN2O5. The van der Waals surface area contributed by atoms with E-state index in [1.807, 2.05) is 6.07 Å². The molecule has 0 aliphatic heterocycles. The largest absolute Gasteiger partial charge is 0.494 e. The van der Waals surface area contributed by atoms with Crippen LogP contribution >= 0.6 is 11.6 Å². The molecule has 0 bridgehead atoms. The number of ketones is 1. The Morgan fingerprint density at radius 1 is 1.27 bits per heavy atom. The number of pyridine rings is 1. The van der Waals surface area contributed by atoms with Gasteiger partial charge >= 0.3 is 0 Å². The summed E-state index contributed by atoms with van der Waals surface area (Å²) in [6, 6.07) is 10.0. The average Bonchev–Trinajstić information content (AvgIpc) is 3.34. The molecule has 0 radical (unpaired) electrons. The van der Waals surface area contributed by atoms with Gasteiger partial charge in [0.2, 0.25) is 11.7 Å². The lowest BCUT2D eigenvalue weighted by atomic mass is 9.98. The van der Waals surface area contributed by atoms with Crippen LogP contribution in [0.25, 0.3) is 11.0 Å². The van der Waals surface area contributed by atoms with Crippen LogP contribution in [0.1, 0.15) is 38.6 Å². The van der Waals surface area contributed by atoms with Crippen molar-refractivity contribution < 1.29 is 18.7 Å². The van der Waals surface area contributed by atoms with Gasteiger partial charge in [-0.15, -0.1) is 0 Å². The Morgan fingerprint density at radius 2 is 2.03 bits per heavy atom. The van der Waals surface area contributed by atoms with Gasteiger partial charge in [-0.2, -0.15) is 5.26 Å². The minimum Gasteiger partial charge on any atom is -0.494 e. The van der Waals surface area contributed by atoms with E-state index in [-0.39, 0.29) is 29.0 Å². The number of halogens is 1. The lowest BCUT2D eigenvalue weighted by molar-refractivity contribution is 0.101. The Kier molecular flexibility index (Phi) is 4.72. The third-order valence-corrected chi connectivity index (χ3v) is 5.26. The van der Waals surface area contributed by atoms with Crippen LogP contribution < -0.4 is 5.56 Å². The number of aromatic nitrogens is 1. The Morgan fingerprint density at radius 3 is 2.70 bits per heavy atom. The minimum absolute atomic E-state index is 0.00208. The second kappa shape index (κ2) is 7.25. The third kappa shape index (κ3) is 2.98. The van der Waals surface area contributed by atoms with Crippen molar-refractivity contribution in [3.05, 3.63) is 85.7 Å². The summed E-state index contributed by atoms with van der Waals surface area (Å²) in [6.45, 7) is 3.01. The molecule has 4 rings (SSSR count). The number of rotatable bonds is 4. The molecule has 30 heavy (non-hydrogen) atoms. The molecule has 7 nitrogen and oxygen atoms in total. The topological polar surface area (TPSA) is 109 Å². The van der Waals surface area contributed by atoms with Crippen molar-refractivity contribution in [3.8, 4) is 11.9 Å². The van der Waals surface area contributed by atoms with E-state index in [0.29, 0.717) is 27.3 Å². The Hall–Kier alpha value is -3.76. The summed E-state index contributed by atoms with van der Waals surface area (Å²) in [5.74, 6) is -0.818. The summed E-state index contributed by atoms with van der Waals surface area (Å²) in [5, 5.41) is 21.5. The molecule has 3 aromatic heterocycles. The zero-order chi connectivity index (χ0) is 21.6. The predicted molar refractivity (Wildman–Crippen MR) is 109 cm³/mol. The number of hydrogen-bond acceptors (Lipinski definition) is 6. The fourth-order valence-corrected chi connectivity index (χ4v) is 3.62. The Balaban J connectivity index is 1.94. The molecule has 4 aromatic rings. The smallest absolute Gasteiger partial charge is 0.271 e. The molecule has 0 amide bonds. The second-order valence-electron chi connectivity index (χ2n) is 6.81. The number of fused-ring (bicyclic) bond motifs is 1. The molecule has 150 valence electrons. The first-order chi connectivity index (χ1) is 14.3. The van der Waals surface area contributed by atoms with Crippen LogP contribution in [0.3, 0.4) is 0 Å². The van der Waals surface area contributed by atoms with Crippen LogP contribution in [0.2, 0.25) is 5.02 Å². The fraction of sp³-hybridized carbons (Fsp3) is 0.136. The molecule has 0 fully saturated rings. The number of carbonyl (C=O) groups is 1. The maximum atomic E-state index is 13.4. The van der Waals surface area contributed by atoms with E-state index >= 15 is 0 Å². The van der Waals surface area contributed by atoms with Gasteiger partial charge in [0, 0.05) is 16.0 Å². The number of nitriles is 1. The monoisotopic (exact) mass is 422 g/mol. The first-order valence-corrected chi connectivity index (χ1v) is 9.33. The highest BCUT2D eigenvalue weighted by Gasteiger charge is 2.29. The van der Waals surface area contributed by atoms with Crippen molar-refractivity contribution in [3.63, 3.8) is 0 Å². The van der Waals surface area contributed by atoms with Crippen LogP contribution in [0, 0.1) is 25.2 Å².